The summed E-state index contributed by atoms with van der Waals surface area (Å²) in [6, 6.07) is 6.32. The van der Waals surface area contributed by atoms with E-state index in [0.717, 1.165) is 6.42 Å². The average molecular weight is 284 g/mol. The van der Waals surface area contributed by atoms with Crippen molar-refractivity contribution < 1.29 is 8.42 Å². The lowest BCUT2D eigenvalue weighted by Gasteiger charge is -2.33. The molecule has 0 fully saturated rings. The first-order chi connectivity index (χ1) is 8.41. The Kier molecular flexibility index (Phi) is 4.32. The van der Waals surface area contributed by atoms with Crippen LogP contribution in [-0.4, -0.2) is 14.0 Å². The van der Waals surface area contributed by atoms with Gasteiger partial charge in [-0.15, -0.1) is 0 Å². The third-order valence-electron chi connectivity index (χ3n) is 2.55. The smallest absolute Gasteiger partial charge is 0.241 e. The molecule has 1 aromatic carbocycles. The minimum atomic E-state index is -3.54. The van der Waals surface area contributed by atoms with Crippen LogP contribution in [0, 0.1) is 5.41 Å². The molecular weight excluding hydrogens is 260 g/mol. The highest BCUT2D eigenvalue weighted by molar-refractivity contribution is 7.89. The number of anilines is 1. The van der Waals surface area contributed by atoms with Crippen molar-refractivity contribution in [3.63, 3.8) is 0 Å². The molecule has 0 unspecified atom stereocenters. The number of benzene rings is 1. The maximum absolute atomic E-state index is 12.3. The van der Waals surface area contributed by atoms with Gasteiger partial charge in [0.25, 0.3) is 0 Å². The van der Waals surface area contributed by atoms with Crippen LogP contribution in [-0.2, 0) is 10.0 Å². The summed E-state index contributed by atoms with van der Waals surface area (Å²) < 4.78 is 27.4. The lowest BCUT2D eigenvalue weighted by Crippen LogP contribution is -2.45. The summed E-state index contributed by atoms with van der Waals surface area (Å²) in [6.07, 6.45) is 0.738. The van der Waals surface area contributed by atoms with E-state index in [-0.39, 0.29) is 10.3 Å². The molecule has 3 N–H and O–H groups in total. The van der Waals surface area contributed by atoms with Crippen molar-refractivity contribution in [1.29, 1.82) is 0 Å². The molecule has 19 heavy (non-hydrogen) atoms. The fourth-order valence-electron chi connectivity index (χ4n) is 2.47. The molecule has 108 valence electrons. The Balaban J connectivity index is 2.97. The molecule has 0 aliphatic heterocycles. The molecule has 1 rings (SSSR count). The van der Waals surface area contributed by atoms with Gasteiger partial charge < -0.3 is 5.73 Å². The Morgan fingerprint density at radius 1 is 1.16 bits per heavy atom. The summed E-state index contributed by atoms with van der Waals surface area (Å²) >= 11 is 0. The molecule has 0 spiro atoms. The molecular formula is C14H24N2O2S. The van der Waals surface area contributed by atoms with Crippen molar-refractivity contribution in [3.8, 4) is 0 Å². The van der Waals surface area contributed by atoms with E-state index in [1.54, 1.807) is 18.2 Å². The van der Waals surface area contributed by atoms with Gasteiger partial charge in [-0.2, -0.15) is 0 Å². The highest BCUT2D eigenvalue weighted by atomic mass is 32.2. The normalized spacial score (nSPS) is 13.5. The second-order valence-corrected chi connectivity index (χ2v) is 8.48. The average Bonchev–Trinajstić information content (AvgIpc) is 2.11. The number of sulfonamides is 1. The van der Waals surface area contributed by atoms with E-state index in [4.69, 9.17) is 5.73 Å². The first-order valence-electron chi connectivity index (χ1n) is 6.31. The Labute approximate surface area is 116 Å². The lowest BCUT2D eigenvalue weighted by atomic mass is 9.82. The van der Waals surface area contributed by atoms with E-state index in [9.17, 15) is 8.42 Å². The van der Waals surface area contributed by atoms with Gasteiger partial charge in [0.15, 0.2) is 0 Å². The summed E-state index contributed by atoms with van der Waals surface area (Å²) in [5.41, 5.74) is 5.60. The Morgan fingerprint density at radius 2 is 1.74 bits per heavy atom. The van der Waals surface area contributed by atoms with Gasteiger partial charge in [0, 0.05) is 11.2 Å². The standard InChI is InChI=1S/C14H24N2O2S/c1-13(2,3)10-14(4,5)16-19(17,18)12-8-6-7-11(15)9-12/h6-9,16H,10,15H2,1-5H3. The van der Waals surface area contributed by atoms with Crippen molar-refractivity contribution >= 4 is 15.7 Å². The van der Waals surface area contributed by atoms with Crippen LogP contribution >= 0.6 is 0 Å². The number of nitrogen functional groups attached to an aromatic ring is 1. The number of nitrogens with one attached hydrogen (secondary N) is 1. The predicted molar refractivity (Wildman–Crippen MR) is 79.3 cm³/mol. The summed E-state index contributed by atoms with van der Waals surface area (Å²) in [5, 5.41) is 0. The molecule has 0 radical (unpaired) electrons. The van der Waals surface area contributed by atoms with Crippen LogP contribution in [0.3, 0.4) is 0 Å². The zero-order chi connectivity index (χ0) is 14.9. The molecule has 0 atom stereocenters. The molecule has 0 saturated heterocycles. The fraction of sp³-hybridized carbons (Fsp3) is 0.571. The molecule has 0 aromatic heterocycles. The summed E-state index contributed by atoms with van der Waals surface area (Å²) in [5.74, 6) is 0. The molecule has 0 aliphatic rings. The molecule has 0 saturated carbocycles. The van der Waals surface area contributed by atoms with E-state index in [2.05, 4.69) is 25.5 Å². The quantitative estimate of drug-likeness (QED) is 0.835. The van der Waals surface area contributed by atoms with Gasteiger partial charge in [-0.25, -0.2) is 13.1 Å². The number of rotatable bonds is 4. The largest absolute Gasteiger partial charge is 0.399 e. The van der Waals surface area contributed by atoms with Gasteiger partial charge in [0.2, 0.25) is 10.0 Å². The number of hydrogen-bond donors (Lipinski definition) is 2. The molecule has 0 heterocycles. The molecule has 4 nitrogen and oxygen atoms in total. The van der Waals surface area contributed by atoms with Crippen LogP contribution < -0.4 is 10.5 Å². The summed E-state index contributed by atoms with van der Waals surface area (Å²) in [6.45, 7) is 10.0. The van der Waals surface area contributed by atoms with Crippen LogP contribution in [0.4, 0.5) is 5.69 Å². The maximum Gasteiger partial charge on any atom is 0.241 e. The lowest BCUT2D eigenvalue weighted by molar-refractivity contribution is 0.269. The minimum Gasteiger partial charge on any atom is -0.399 e. The zero-order valence-electron chi connectivity index (χ0n) is 12.3. The number of hydrogen-bond acceptors (Lipinski definition) is 3. The maximum atomic E-state index is 12.3. The highest BCUT2D eigenvalue weighted by Crippen LogP contribution is 2.28. The van der Waals surface area contributed by atoms with Gasteiger partial charge in [-0.3, -0.25) is 0 Å². The van der Waals surface area contributed by atoms with Gasteiger partial charge in [0.1, 0.15) is 0 Å². The van der Waals surface area contributed by atoms with Crippen molar-refractivity contribution in [2.45, 2.75) is 51.5 Å². The van der Waals surface area contributed by atoms with Gasteiger partial charge >= 0.3 is 0 Å². The van der Waals surface area contributed by atoms with E-state index >= 15 is 0 Å². The van der Waals surface area contributed by atoms with Crippen LogP contribution in [0.5, 0.6) is 0 Å². The van der Waals surface area contributed by atoms with Crippen molar-refractivity contribution in [3.05, 3.63) is 24.3 Å². The van der Waals surface area contributed by atoms with Crippen molar-refractivity contribution in [2.75, 3.05) is 5.73 Å². The second-order valence-electron chi connectivity index (χ2n) is 6.80. The third kappa shape index (κ3) is 5.20. The molecule has 1 aromatic rings. The number of nitrogens with two attached hydrogens (primary N) is 1. The monoisotopic (exact) mass is 284 g/mol. The van der Waals surface area contributed by atoms with Crippen molar-refractivity contribution in [1.82, 2.24) is 4.72 Å². The summed E-state index contributed by atoms with van der Waals surface area (Å²) in [7, 11) is -3.54. The van der Waals surface area contributed by atoms with Crippen LogP contribution in [0.1, 0.15) is 41.0 Å². The van der Waals surface area contributed by atoms with E-state index in [1.807, 2.05) is 13.8 Å². The van der Waals surface area contributed by atoms with Crippen molar-refractivity contribution in [2.24, 2.45) is 5.41 Å². The Morgan fingerprint density at radius 3 is 2.21 bits per heavy atom. The predicted octanol–water partition coefficient (Wildman–Crippen LogP) is 2.76. The molecule has 0 bridgehead atoms. The molecule has 0 aliphatic carbocycles. The third-order valence-corrected chi connectivity index (χ3v) is 4.25. The fourth-order valence-corrected chi connectivity index (χ4v) is 3.93. The minimum absolute atomic E-state index is 0.0434. The second kappa shape index (κ2) is 5.13. The van der Waals surface area contributed by atoms with E-state index in [0.29, 0.717) is 5.69 Å². The van der Waals surface area contributed by atoms with Crippen LogP contribution in [0.2, 0.25) is 0 Å². The van der Waals surface area contributed by atoms with Crippen LogP contribution in [0.15, 0.2) is 29.2 Å². The molecule has 0 amide bonds. The Hall–Kier alpha value is -1.07. The Bertz CT molecular complexity index is 543. The van der Waals surface area contributed by atoms with Gasteiger partial charge in [-0.1, -0.05) is 26.8 Å². The highest BCUT2D eigenvalue weighted by Gasteiger charge is 2.30. The zero-order valence-corrected chi connectivity index (χ0v) is 13.1. The van der Waals surface area contributed by atoms with E-state index < -0.39 is 15.6 Å². The van der Waals surface area contributed by atoms with Gasteiger partial charge in [-0.05, 0) is 43.9 Å². The van der Waals surface area contributed by atoms with E-state index in [1.165, 1.54) is 6.07 Å². The first-order valence-corrected chi connectivity index (χ1v) is 7.79. The molecule has 5 heteroatoms. The van der Waals surface area contributed by atoms with Crippen LogP contribution in [0.25, 0.3) is 0 Å². The first kappa shape index (κ1) is 16.0. The summed E-state index contributed by atoms with van der Waals surface area (Å²) in [4.78, 5) is 0.203. The van der Waals surface area contributed by atoms with Gasteiger partial charge in [0.05, 0.1) is 4.90 Å². The SMILES string of the molecule is CC(C)(C)CC(C)(C)NS(=O)(=O)c1cccc(N)c1. The topological polar surface area (TPSA) is 72.2 Å².